The van der Waals surface area contributed by atoms with E-state index in [1.807, 2.05) is 0 Å². The Morgan fingerprint density at radius 2 is 2.04 bits per heavy atom. The van der Waals surface area contributed by atoms with E-state index in [9.17, 15) is 22.8 Å². The predicted octanol–water partition coefficient (Wildman–Crippen LogP) is 2.93. The van der Waals surface area contributed by atoms with Crippen LogP contribution in [0.1, 0.15) is 18.6 Å². The van der Waals surface area contributed by atoms with Crippen molar-refractivity contribution in [3.8, 4) is 0 Å². The van der Waals surface area contributed by atoms with Gasteiger partial charge in [-0.3, -0.25) is 9.59 Å². The number of ether oxygens (including phenoxy) is 1. The van der Waals surface area contributed by atoms with Crippen molar-refractivity contribution >= 4 is 22.6 Å². The molecule has 0 aliphatic carbocycles. The maximum Gasteiger partial charge on any atom is 0.449 e. The minimum absolute atomic E-state index is 0.0388. The van der Waals surface area contributed by atoms with E-state index in [1.165, 1.54) is 18.2 Å². The highest BCUT2D eigenvalue weighted by atomic mass is 19.4. The molecule has 0 radical (unpaired) electrons. The molecule has 1 fully saturated rings. The summed E-state index contributed by atoms with van der Waals surface area (Å²) in [6.45, 7) is 0.514. The van der Waals surface area contributed by atoms with Crippen LogP contribution in [0.5, 0.6) is 0 Å². The van der Waals surface area contributed by atoms with Crippen molar-refractivity contribution in [3.05, 3.63) is 40.2 Å². The molecule has 8 heteroatoms. The molecule has 2 aromatic rings. The van der Waals surface area contributed by atoms with Gasteiger partial charge >= 0.3 is 6.18 Å². The summed E-state index contributed by atoms with van der Waals surface area (Å²) in [6, 6.07) is 4.28. The lowest BCUT2D eigenvalue weighted by atomic mass is 10.2. The molecule has 1 saturated heterocycles. The second-order valence-corrected chi connectivity index (χ2v) is 5.17. The van der Waals surface area contributed by atoms with Gasteiger partial charge in [0.25, 0.3) is 5.91 Å². The van der Waals surface area contributed by atoms with Crippen molar-refractivity contribution in [1.82, 2.24) is 0 Å². The Bertz CT molecular complexity index is 806. The normalized spacial score (nSPS) is 18.3. The third kappa shape index (κ3) is 3.21. The second kappa shape index (κ2) is 5.69. The lowest BCUT2D eigenvalue weighted by Gasteiger charge is -2.11. The van der Waals surface area contributed by atoms with Gasteiger partial charge in [-0.2, -0.15) is 13.2 Å². The van der Waals surface area contributed by atoms with Crippen LogP contribution in [0.4, 0.5) is 18.9 Å². The zero-order valence-electron chi connectivity index (χ0n) is 11.8. The zero-order valence-corrected chi connectivity index (χ0v) is 11.8. The molecule has 0 saturated carbocycles. The Hall–Kier alpha value is -2.35. The van der Waals surface area contributed by atoms with Crippen molar-refractivity contribution in [3.63, 3.8) is 0 Å². The maximum absolute atomic E-state index is 12.6. The standard InChI is InChI=1S/C15H12F3NO4/c16-15(17,18)13-7-10(20)9-6-8(3-4-11(9)23-13)19-14(21)12-2-1-5-22-12/h3-4,6-7,12H,1-2,5H2,(H,19,21). The largest absolute Gasteiger partial charge is 0.451 e. The molecule has 1 amide bonds. The van der Waals surface area contributed by atoms with Crippen LogP contribution in [0.15, 0.2) is 33.5 Å². The fraction of sp³-hybridized carbons (Fsp3) is 0.333. The van der Waals surface area contributed by atoms with Crippen LogP contribution >= 0.6 is 0 Å². The van der Waals surface area contributed by atoms with Gasteiger partial charge in [-0.25, -0.2) is 0 Å². The Morgan fingerprint density at radius 1 is 1.26 bits per heavy atom. The molecule has 1 aromatic heterocycles. The SMILES string of the molecule is O=C(Nc1ccc2oc(C(F)(F)F)cc(=O)c2c1)C1CCCO1. The summed E-state index contributed by atoms with van der Waals surface area (Å²) in [6.07, 6.45) is -3.88. The summed E-state index contributed by atoms with van der Waals surface area (Å²) in [5, 5.41) is 2.54. The van der Waals surface area contributed by atoms with Gasteiger partial charge in [0.1, 0.15) is 11.7 Å². The number of amides is 1. The molecule has 5 nitrogen and oxygen atoms in total. The second-order valence-electron chi connectivity index (χ2n) is 5.17. The molecular formula is C15H12F3NO4. The third-order valence-electron chi connectivity index (χ3n) is 3.50. The van der Waals surface area contributed by atoms with Gasteiger partial charge in [0, 0.05) is 18.4 Å². The van der Waals surface area contributed by atoms with Gasteiger partial charge in [0.2, 0.25) is 5.76 Å². The molecule has 23 heavy (non-hydrogen) atoms. The van der Waals surface area contributed by atoms with Crippen LogP contribution in [0.2, 0.25) is 0 Å². The van der Waals surface area contributed by atoms with Gasteiger partial charge in [-0.1, -0.05) is 0 Å². The lowest BCUT2D eigenvalue weighted by molar-refractivity contribution is -0.152. The predicted molar refractivity (Wildman–Crippen MR) is 75.1 cm³/mol. The number of carbonyl (C=O) groups excluding carboxylic acids is 1. The van der Waals surface area contributed by atoms with Crippen molar-refractivity contribution in [2.24, 2.45) is 0 Å². The molecule has 0 bridgehead atoms. The van der Waals surface area contributed by atoms with E-state index in [2.05, 4.69) is 5.32 Å². The molecule has 0 spiro atoms. The van der Waals surface area contributed by atoms with E-state index in [-0.39, 0.29) is 16.9 Å². The van der Waals surface area contributed by atoms with Gasteiger partial charge in [0.05, 0.1) is 5.39 Å². The Kier molecular flexibility index (Phi) is 3.85. The summed E-state index contributed by atoms with van der Waals surface area (Å²) < 4.78 is 47.8. The van der Waals surface area contributed by atoms with Gasteiger partial charge in [-0.15, -0.1) is 0 Å². The number of halogens is 3. The minimum atomic E-state index is -4.74. The Morgan fingerprint density at radius 3 is 2.70 bits per heavy atom. The molecule has 1 atom stereocenters. The molecule has 3 rings (SSSR count). The van der Waals surface area contributed by atoms with Crippen LogP contribution in [-0.2, 0) is 15.7 Å². The number of carbonyl (C=O) groups is 1. The average Bonchev–Trinajstić information content (AvgIpc) is 3.01. The Labute approximate surface area is 128 Å². The number of fused-ring (bicyclic) bond motifs is 1. The van der Waals surface area contributed by atoms with Crippen molar-refractivity contribution in [2.75, 3.05) is 11.9 Å². The van der Waals surface area contributed by atoms with Gasteiger partial charge in [-0.05, 0) is 31.0 Å². The summed E-state index contributed by atoms with van der Waals surface area (Å²) in [7, 11) is 0. The highest BCUT2D eigenvalue weighted by molar-refractivity contribution is 5.96. The van der Waals surface area contributed by atoms with Crippen molar-refractivity contribution in [1.29, 1.82) is 0 Å². The third-order valence-corrected chi connectivity index (χ3v) is 3.50. The molecule has 1 aromatic carbocycles. The van der Waals surface area contributed by atoms with Crippen molar-refractivity contribution < 1.29 is 27.1 Å². The number of hydrogen-bond acceptors (Lipinski definition) is 4. The van der Waals surface area contributed by atoms with Crippen molar-refractivity contribution in [2.45, 2.75) is 25.1 Å². The fourth-order valence-electron chi connectivity index (χ4n) is 2.38. The summed E-state index contributed by atoms with van der Waals surface area (Å²) in [5.74, 6) is -1.70. The van der Waals surface area contributed by atoms with Gasteiger partial charge in [0.15, 0.2) is 5.43 Å². The van der Waals surface area contributed by atoms with Crippen LogP contribution in [0.3, 0.4) is 0 Å². The first-order valence-electron chi connectivity index (χ1n) is 6.92. The monoisotopic (exact) mass is 327 g/mol. The highest BCUT2D eigenvalue weighted by Crippen LogP contribution is 2.30. The molecule has 1 aliphatic rings. The van der Waals surface area contributed by atoms with E-state index < -0.39 is 23.5 Å². The van der Waals surface area contributed by atoms with Gasteiger partial charge < -0.3 is 14.5 Å². The Balaban J connectivity index is 1.91. The number of rotatable bonds is 2. The van der Waals surface area contributed by atoms with E-state index in [1.54, 1.807) is 0 Å². The van der Waals surface area contributed by atoms with Crippen LogP contribution in [-0.4, -0.2) is 18.6 Å². The smallest absolute Gasteiger partial charge is 0.449 e. The highest BCUT2D eigenvalue weighted by Gasteiger charge is 2.35. The average molecular weight is 327 g/mol. The first kappa shape index (κ1) is 15.5. The molecule has 2 heterocycles. The minimum Gasteiger partial charge on any atom is -0.451 e. The number of anilines is 1. The van der Waals surface area contributed by atoms with E-state index >= 15 is 0 Å². The summed E-state index contributed by atoms with van der Waals surface area (Å²) >= 11 is 0. The molecule has 122 valence electrons. The number of nitrogens with one attached hydrogen (secondary N) is 1. The summed E-state index contributed by atoms with van der Waals surface area (Å²) in [4.78, 5) is 23.8. The quantitative estimate of drug-likeness (QED) is 0.921. The first-order valence-corrected chi connectivity index (χ1v) is 6.92. The van der Waals surface area contributed by atoms with E-state index in [4.69, 9.17) is 9.15 Å². The maximum atomic E-state index is 12.6. The molecule has 1 N–H and O–H groups in total. The fourth-order valence-corrected chi connectivity index (χ4v) is 2.38. The zero-order chi connectivity index (χ0) is 16.6. The molecular weight excluding hydrogens is 315 g/mol. The molecule has 1 unspecified atom stereocenters. The topological polar surface area (TPSA) is 68.5 Å². The van der Waals surface area contributed by atoms with Crippen LogP contribution < -0.4 is 10.7 Å². The number of alkyl halides is 3. The number of benzene rings is 1. The van der Waals surface area contributed by atoms with E-state index in [0.29, 0.717) is 24.8 Å². The van der Waals surface area contributed by atoms with E-state index in [0.717, 1.165) is 6.42 Å². The first-order chi connectivity index (χ1) is 10.8. The summed E-state index contributed by atoms with van der Waals surface area (Å²) in [5.41, 5.74) is -0.725. The van der Waals surface area contributed by atoms with Crippen LogP contribution in [0, 0.1) is 0 Å². The lowest BCUT2D eigenvalue weighted by Crippen LogP contribution is -2.26. The van der Waals surface area contributed by atoms with Crippen LogP contribution in [0.25, 0.3) is 11.0 Å². The number of hydrogen-bond donors (Lipinski definition) is 1. The molecule has 1 aliphatic heterocycles.